The lowest BCUT2D eigenvalue weighted by molar-refractivity contribution is -0.384. The lowest BCUT2D eigenvalue weighted by Gasteiger charge is -2.37. The summed E-state index contributed by atoms with van der Waals surface area (Å²) in [5.74, 6) is 0.0798. The van der Waals surface area contributed by atoms with Crippen molar-refractivity contribution in [3.8, 4) is 5.75 Å². The van der Waals surface area contributed by atoms with Gasteiger partial charge >= 0.3 is 0 Å². The number of carbonyl (C=O) groups is 2. The third kappa shape index (κ3) is 3.34. The van der Waals surface area contributed by atoms with Gasteiger partial charge in [0, 0.05) is 23.2 Å². The number of nitro groups is 1. The van der Waals surface area contributed by atoms with Gasteiger partial charge in [0.25, 0.3) is 5.69 Å². The number of ketones is 1. The third-order valence-corrected chi connectivity index (χ3v) is 7.76. The predicted molar refractivity (Wildman–Crippen MR) is 129 cm³/mol. The average Bonchev–Trinajstić information content (AvgIpc) is 3.09. The maximum absolute atomic E-state index is 13.7. The van der Waals surface area contributed by atoms with Crippen LogP contribution >= 0.6 is 0 Å². The number of nitrogens with zero attached hydrogens (tertiary/aromatic N) is 2. The number of anilines is 2. The van der Waals surface area contributed by atoms with Gasteiger partial charge in [0.1, 0.15) is 16.9 Å². The van der Waals surface area contributed by atoms with Gasteiger partial charge in [-0.15, -0.1) is 0 Å². The maximum atomic E-state index is 13.7. The van der Waals surface area contributed by atoms with Gasteiger partial charge in [0.15, 0.2) is 5.78 Å². The first-order chi connectivity index (χ1) is 16.1. The van der Waals surface area contributed by atoms with Crippen LogP contribution in [0.25, 0.3) is 0 Å². The van der Waals surface area contributed by atoms with Gasteiger partial charge in [-0.25, -0.2) is 0 Å². The Morgan fingerprint density at radius 3 is 2.26 bits per heavy atom. The fourth-order valence-corrected chi connectivity index (χ4v) is 5.29. The van der Waals surface area contributed by atoms with Gasteiger partial charge in [0.2, 0.25) is 5.91 Å². The van der Waals surface area contributed by atoms with Crippen LogP contribution in [0.1, 0.15) is 40.5 Å². The molecule has 9 heteroatoms. The highest BCUT2D eigenvalue weighted by molar-refractivity contribution is 6.51. The van der Waals surface area contributed by atoms with Crippen molar-refractivity contribution in [2.75, 3.05) is 17.3 Å². The van der Waals surface area contributed by atoms with Crippen molar-refractivity contribution in [2.24, 2.45) is 21.3 Å². The van der Waals surface area contributed by atoms with E-state index in [2.05, 4.69) is 15.8 Å². The molecule has 34 heavy (non-hydrogen) atoms. The Labute approximate surface area is 197 Å². The minimum atomic E-state index is -1.24. The molecule has 2 fully saturated rings. The molecule has 2 aliphatic rings. The molecule has 2 saturated carbocycles. The molecule has 9 nitrogen and oxygen atoms in total. The maximum Gasteiger partial charge on any atom is 0.269 e. The van der Waals surface area contributed by atoms with E-state index in [-0.39, 0.29) is 17.4 Å². The number of amides is 1. The lowest BCUT2D eigenvalue weighted by Crippen LogP contribution is -2.47. The molecule has 2 aliphatic carbocycles. The first kappa shape index (κ1) is 23.4. The summed E-state index contributed by atoms with van der Waals surface area (Å²) in [7, 11) is 0. The molecule has 2 aromatic rings. The van der Waals surface area contributed by atoms with Gasteiger partial charge in [-0.3, -0.25) is 25.1 Å². The third-order valence-electron chi connectivity index (χ3n) is 7.76. The Morgan fingerprint density at radius 2 is 1.68 bits per heavy atom. The molecule has 2 N–H and O–H groups in total. The second-order valence-corrected chi connectivity index (χ2v) is 9.48. The number of Topliss-reactive ketones (excluding diaryl/α,β-unsaturated/α-hetero) is 1. The van der Waals surface area contributed by atoms with E-state index in [1.807, 2.05) is 27.7 Å². The summed E-state index contributed by atoms with van der Waals surface area (Å²) in [6.07, 6.45) is 1.08. The fraction of sp³-hybridized carbons (Fsp3) is 0.400. The van der Waals surface area contributed by atoms with E-state index < -0.39 is 21.2 Å². The molecule has 178 valence electrons. The second-order valence-electron chi connectivity index (χ2n) is 9.48. The molecule has 4 rings (SSSR count). The number of nitro benzene ring substituents is 1. The Bertz CT molecular complexity index is 1170. The summed E-state index contributed by atoms with van der Waals surface area (Å²) in [4.78, 5) is 37.7. The molecular formula is C25H28N4O5. The van der Waals surface area contributed by atoms with Crippen LogP contribution in [-0.4, -0.2) is 28.9 Å². The topological polar surface area (TPSA) is 123 Å². The second kappa shape index (κ2) is 8.23. The number of hydrogen-bond donors (Lipinski definition) is 2. The lowest BCUT2D eigenvalue weighted by atomic mass is 9.64. The molecule has 1 amide bonds. The number of rotatable bonds is 7. The Hall–Kier alpha value is -3.75. The summed E-state index contributed by atoms with van der Waals surface area (Å²) < 4.78 is 5.45. The van der Waals surface area contributed by atoms with Crippen LogP contribution in [0.2, 0.25) is 0 Å². The summed E-state index contributed by atoms with van der Waals surface area (Å²) in [5, 5.41) is 18.2. The van der Waals surface area contributed by atoms with Gasteiger partial charge in [0.05, 0.1) is 17.2 Å². The normalized spacial score (nSPS) is 25.9. The van der Waals surface area contributed by atoms with Crippen molar-refractivity contribution in [3.63, 3.8) is 0 Å². The fourth-order valence-electron chi connectivity index (χ4n) is 5.29. The molecule has 2 bridgehead atoms. The highest BCUT2D eigenvalue weighted by Gasteiger charge is 2.76. The standard InChI is InChI=1S/C25H28N4O5/c1-5-34-19-12-8-16(9-13-19)26-22(31)25-15-14-24(4,23(25,2)3)20(21(25)30)28-27-17-6-10-18(11-7-17)29(32)33/h6-13,27H,5,14-15H2,1-4H3,(H,26,31)/b28-20+. The van der Waals surface area contributed by atoms with Crippen molar-refractivity contribution in [3.05, 3.63) is 58.6 Å². The van der Waals surface area contributed by atoms with Gasteiger partial charge in [-0.1, -0.05) is 20.8 Å². The largest absolute Gasteiger partial charge is 0.494 e. The van der Waals surface area contributed by atoms with E-state index in [0.29, 0.717) is 42.3 Å². The first-order valence-electron chi connectivity index (χ1n) is 11.2. The minimum Gasteiger partial charge on any atom is -0.494 e. The average molecular weight is 465 g/mol. The summed E-state index contributed by atoms with van der Waals surface area (Å²) in [5.41, 5.74) is 1.74. The number of ether oxygens (including phenoxy) is 1. The van der Waals surface area contributed by atoms with E-state index in [0.717, 1.165) is 0 Å². The summed E-state index contributed by atoms with van der Waals surface area (Å²) in [6, 6.07) is 12.8. The number of fused-ring (bicyclic) bond motifs is 2. The number of hydrogen-bond acceptors (Lipinski definition) is 7. The van der Waals surface area contributed by atoms with Crippen LogP contribution in [0.3, 0.4) is 0 Å². The molecule has 0 aromatic heterocycles. The highest BCUT2D eigenvalue weighted by Crippen LogP contribution is 2.69. The number of carbonyl (C=O) groups excluding carboxylic acids is 2. The zero-order valence-corrected chi connectivity index (χ0v) is 19.7. The summed E-state index contributed by atoms with van der Waals surface area (Å²) >= 11 is 0. The van der Waals surface area contributed by atoms with Crippen molar-refractivity contribution in [1.29, 1.82) is 0 Å². The molecular weight excluding hydrogens is 436 g/mol. The van der Waals surface area contributed by atoms with E-state index in [9.17, 15) is 19.7 Å². The smallest absolute Gasteiger partial charge is 0.269 e. The van der Waals surface area contributed by atoms with E-state index in [1.54, 1.807) is 24.3 Å². The molecule has 0 aliphatic heterocycles. The van der Waals surface area contributed by atoms with Gasteiger partial charge in [-0.2, -0.15) is 5.10 Å². The van der Waals surface area contributed by atoms with Crippen molar-refractivity contribution >= 4 is 34.5 Å². The molecule has 2 unspecified atom stereocenters. The van der Waals surface area contributed by atoms with E-state index in [1.165, 1.54) is 24.3 Å². The van der Waals surface area contributed by atoms with Crippen LogP contribution in [0.15, 0.2) is 53.6 Å². The summed E-state index contributed by atoms with van der Waals surface area (Å²) in [6.45, 7) is 8.32. The number of nitrogens with one attached hydrogen (secondary N) is 2. The number of benzene rings is 2. The Balaban J connectivity index is 1.60. The minimum absolute atomic E-state index is 0.0350. The molecule has 2 aromatic carbocycles. The van der Waals surface area contributed by atoms with E-state index >= 15 is 0 Å². The predicted octanol–water partition coefficient (Wildman–Crippen LogP) is 4.80. The van der Waals surface area contributed by atoms with Crippen LogP contribution in [0, 0.1) is 26.4 Å². The van der Waals surface area contributed by atoms with Crippen LogP contribution < -0.4 is 15.5 Å². The van der Waals surface area contributed by atoms with E-state index in [4.69, 9.17) is 4.74 Å². The van der Waals surface area contributed by atoms with Crippen LogP contribution in [-0.2, 0) is 9.59 Å². The highest BCUT2D eigenvalue weighted by atomic mass is 16.6. The molecule has 0 saturated heterocycles. The van der Waals surface area contributed by atoms with Gasteiger partial charge < -0.3 is 10.1 Å². The molecule has 0 heterocycles. The number of non-ortho nitro benzene ring substituents is 1. The van der Waals surface area contributed by atoms with Gasteiger partial charge in [-0.05, 0) is 61.6 Å². The molecule has 0 radical (unpaired) electrons. The Morgan fingerprint density at radius 1 is 1.06 bits per heavy atom. The Kier molecular flexibility index (Phi) is 5.67. The first-order valence-corrected chi connectivity index (χ1v) is 11.2. The molecule has 2 atom stereocenters. The number of hydrazone groups is 1. The quantitative estimate of drug-likeness (QED) is 0.345. The SMILES string of the molecule is CCOc1ccc(NC(=O)C23CCC(C)(/C(=N/Nc4ccc([N+](=O)[O-])cc4)C2=O)C3(C)C)cc1. The monoisotopic (exact) mass is 464 g/mol. The van der Waals surface area contributed by atoms with Crippen molar-refractivity contribution in [1.82, 2.24) is 0 Å². The van der Waals surface area contributed by atoms with Crippen molar-refractivity contribution in [2.45, 2.75) is 40.5 Å². The van der Waals surface area contributed by atoms with Crippen LogP contribution in [0.5, 0.6) is 5.75 Å². The van der Waals surface area contributed by atoms with Crippen molar-refractivity contribution < 1.29 is 19.2 Å². The zero-order chi connectivity index (χ0) is 24.7. The zero-order valence-electron chi connectivity index (χ0n) is 19.7. The van der Waals surface area contributed by atoms with Crippen LogP contribution in [0.4, 0.5) is 17.1 Å². The molecule has 0 spiro atoms.